The highest BCUT2D eigenvalue weighted by molar-refractivity contribution is 6.36. The molecule has 0 aliphatic carbocycles. The Bertz CT molecular complexity index is 812. The molecule has 0 radical (unpaired) electrons. The molecule has 0 bridgehead atoms. The molecule has 0 saturated carbocycles. The molecule has 0 unspecified atom stereocenters. The van der Waals surface area contributed by atoms with E-state index in [1.165, 1.54) is 6.92 Å². The van der Waals surface area contributed by atoms with E-state index in [0.29, 0.717) is 4.52 Å². The number of piperidine rings is 1. The second-order valence-corrected chi connectivity index (χ2v) is 6.61. The Morgan fingerprint density at radius 1 is 1.36 bits per heavy atom. The lowest BCUT2D eigenvalue weighted by atomic mass is 10.1. The number of likely N-dealkylation sites (tertiary alicyclic amines) is 1. The molecule has 2 aromatic rings. The number of carbonyl (C=O) groups excluding carboxylic acids is 1. The molecule has 2 aromatic heterocycles. The maximum Gasteiger partial charge on any atom is 0.433 e. The Morgan fingerprint density at radius 3 is 2.60 bits per heavy atom. The summed E-state index contributed by atoms with van der Waals surface area (Å²) in [5, 5.41) is 6.39. The summed E-state index contributed by atoms with van der Waals surface area (Å²) in [4.78, 5) is 18.6. The van der Waals surface area contributed by atoms with Gasteiger partial charge < -0.3 is 10.2 Å². The quantitative estimate of drug-likeness (QED) is 0.876. The van der Waals surface area contributed by atoms with Crippen molar-refractivity contribution in [2.45, 2.75) is 32.0 Å². The van der Waals surface area contributed by atoms with E-state index in [9.17, 15) is 18.0 Å². The Morgan fingerprint density at radius 2 is 2.00 bits per heavy atom. The van der Waals surface area contributed by atoms with E-state index < -0.39 is 17.8 Å². The zero-order chi connectivity index (χ0) is 18.4. The van der Waals surface area contributed by atoms with Crippen LogP contribution in [-0.4, -0.2) is 51.6 Å². The topological polar surface area (TPSA) is 62.5 Å². The number of carbonyl (C=O) groups is 1. The van der Waals surface area contributed by atoms with Gasteiger partial charge in [-0.3, -0.25) is 4.79 Å². The number of halogens is 4. The fourth-order valence-corrected chi connectivity index (χ4v) is 3.11. The van der Waals surface area contributed by atoms with Crippen molar-refractivity contribution in [3.05, 3.63) is 28.2 Å². The number of amides is 1. The number of hydrogen-bond acceptors (Lipinski definition) is 4. The molecule has 25 heavy (non-hydrogen) atoms. The SMILES string of the molecule is Cc1cc(C(F)(F)F)n2nc(C(=O)NC3CCN(C)CC3)c(Cl)c2n1. The Hall–Kier alpha value is -1.87. The van der Waals surface area contributed by atoms with E-state index in [0.717, 1.165) is 32.0 Å². The fourth-order valence-electron chi connectivity index (χ4n) is 2.87. The predicted octanol–water partition coefficient (Wildman–Crippen LogP) is 2.53. The number of aromatic nitrogens is 3. The third-order valence-corrected chi connectivity index (χ3v) is 4.57. The molecule has 0 spiro atoms. The minimum atomic E-state index is -4.64. The van der Waals surface area contributed by atoms with E-state index in [1.807, 2.05) is 7.05 Å². The lowest BCUT2D eigenvalue weighted by Gasteiger charge is -2.29. The van der Waals surface area contributed by atoms with Gasteiger partial charge in [-0.05, 0) is 46.0 Å². The smallest absolute Gasteiger partial charge is 0.348 e. The summed E-state index contributed by atoms with van der Waals surface area (Å²) in [6.07, 6.45) is -3.11. The van der Waals surface area contributed by atoms with Crippen molar-refractivity contribution in [2.24, 2.45) is 0 Å². The van der Waals surface area contributed by atoms with Crippen LogP contribution in [-0.2, 0) is 6.18 Å². The van der Waals surface area contributed by atoms with Gasteiger partial charge in [0, 0.05) is 11.7 Å². The van der Waals surface area contributed by atoms with Crippen LogP contribution < -0.4 is 5.32 Å². The number of alkyl halides is 3. The van der Waals surface area contributed by atoms with Crippen molar-refractivity contribution in [2.75, 3.05) is 20.1 Å². The summed E-state index contributed by atoms with van der Waals surface area (Å²) < 4.78 is 40.2. The van der Waals surface area contributed by atoms with Gasteiger partial charge in [0.15, 0.2) is 11.3 Å². The highest BCUT2D eigenvalue weighted by Gasteiger charge is 2.36. The number of hydrogen-bond donors (Lipinski definition) is 1. The molecule has 3 heterocycles. The highest BCUT2D eigenvalue weighted by Crippen LogP contribution is 2.32. The second-order valence-electron chi connectivity index (χ2n) is 6.23. The molecule has 1 aliphatic heterocycles. The summed E-state index contributed by atoms with van der Waals surface area (Å²) in [7, 11) is 1.99. The normalized spacial score (nSPS) is 17.2. The Kier molecular flexibility index (Phi) is 4.63. The average molecular weight is 376 g/mol. The van der Waals surface area contributed by atoms with Gasteiger partial charge in [0.2, 0.25) is 0 Å². The molecule has 3 rings (SSSR count). The van der Waals surface area contributed by atoms with Gasteiger partial charge in [-0.1, -0.05) is 11.6 Å². The highest BCUT2D eigenvalue weighted by atomic mass is 35.5. The van der Waals surface area contributed by atoms with Crippen LogP contribution in [0.15, 0.2) is 6.07 Å². The van der Waals surface area contributed by atoms with Crippen LogP contribution >= 0.6 is 11.6 Å². The Balaban J connectivity index is 1.94. The predicted molar refractivity (Wildman–Crippen MR) is 85.7 cm³/mol. The monoisotopic (exact) mass is 375 g/mol. The summed E-state index contributed by atoms with van der Waals surface area (Å²) >= 11 is 6.10. The molecular weight excluding hydrogens is 359 g/mol. The largest absolute Gasteiger partial charge is 0.433 e. The molecular formula is C15H17ClF3N5O. The van der Waals surface area contributed by atoms with Gasteiger partial charge in [-0.15, -0.1) is 0 Å². The first-order chi connectivity index (χ1) is 11.7. The van der Waals surface area contributed by atoms with Crippen LogP contribution in [0.3, 0.4) is 0 Å². The van der Waals surface area contributed by atoms with Crippen molar-refractivity contribution in [3.8, 4) is 0 Å². The zero-order valence-corrected chi connectivity index (χ0v) is 14.4. The number of fused-ring (bicyclic) bond motifs is 1. The number of aryl methyl sites for hydroxylation is 1. The number of nitrogens with one attached hydrogen (secondary N) is 1. The first kappa shape index (κ1) is 17.9. The van der Waals surface area contributed by atoms with E-state index in [1.54, 1.807) is 0 Å². The van der Waals surface area contributed by atoms with Gasteiger partial charge in [0.25, 0.3) is 5.91 Å². The van der Waals surface area contributed by atoms with Crippen molar-refractivity contribution in [3.63, 3.8) is 0 Å². The molecule has 6 nitrogen and oxygen atoms in total. The lowest BCUT2D eigenvalue weighted by molar-refractivity contribution is -0.142. The van der Waals surface area contributed by atoms with Crippen LogP contribution in [0.1, 0.15) is 34.7 Å². The minimum Gasteiger partial charge on any atom is -0.348 e. The van der Waals surface area contributed by atoms with Crippen LogP contribution in [0.2, 0.25) is 5.02 Å². The molecule has 136 valence electrons. The van der Waals surface area contributed by atoms with Gasteiger partial charge in [0.1, 0.15) is 10.7 Å². The van der Waals surface area contributed by atoms with E-state index in [4.69, 9.17) is 11.6 Å². The van der Waals surface area contributed by atoms with Gasteiger partial charge >= 0.3 is 6.18 Å². The summed E-state index contributed by atoms with van der Waals surface area (Å²) in [6.45, 7) is 3.10. The second kappa shape index (κ2) is 6.45. The molecule has 1 aliphatic rings. The van der Waals surface area contributed by atoms with E-state index >= 15 is 0 Å². The van der Waals surface area contributed by atoms with Crippen LogP contribution in [0.4, 0.5) is 13.2 Å². The van der Waals surface area contributed by atoms with Gasteiger partial charge in [-0.25, -0.2) is 9.50 Å². The summed E-state index contributed by atoms with van der Waals surface area (Å²) in [5.74, 6) is -0.587. The van der Waals surface area contributed by atoms with Crippen molar-refractivity contribution >= 4 is 23.2 Å². The third kappa shape index (κ3) is 3.57. The van der Waals surface area contributed by atoms with Crippen LogP contribution in [0.25, 0.3) is 5.65 Å². The summed E-state index contributed by atoms with van der Waals surface area (Å²) in [5.41, 5.74) is -1.30. The minimum absolute atomic E-state index is 0.0543. The maximum absolute atomic E-state index is 13.2. The maximum atomic E-state index is 13.2. The van der Waals surface area contributed by atoms with Crippen molar-refractivity contribution < 1.29 is 18.0 Å². The van der Waals surface area contributed by atoms with E-state index in [2.05, 4.69) is 20.3 Å². The van der Waals surface area contributed by atoms with E-state index in [-0.39, 0.29) is 28.1 Å². The third-order valence-electron chi connectivity index (χ3n) is 4.22. The van der Waals surface area contributed by atoms with Gasteiger partial charge in [-0.2, -0.15) is 18.3 Å². The molecule has 1 amide bonds. The molecule has 1 saturated heterocycles. The number of nitrogens with zero attached hydrogens (tertiary/aromatic N) is 4. The molecule has 1 N–H and O–H groups in total. The number of rotatable bonds is 2. The van der Waals surface area contributed by atoms with Crippen LogP contribution in [0.5, 0.6) is 0 Å². The lowest BCUT2D eigenvalue weighted by Crippen LogP contribution is -2.43. The van der Waals surface area contributed by atoms with Crippen molar-refractivity contribution in [1.29, 1.82) is 0 Å². The Labute approximate surface area is 147 Å². The molecule has 1 fully saturated rings. The molecule has 10 heteroatoms. The first-order valence-corrected chi connectivity index (χ1v) is 8.17. The standard InChI is InChI=1S/C15H17ClF3N5O/c1-8-7-10(15(17,18)19)24-13(20-8)11(16)12(22-24)14(25)21-9-3-5-23(2)6-4-9/h7,9H,3-6H2,1-2H3,(H,21,25). The van der Waals surface area contributed by atoms with Crippen molar-refractivity contribution in [1.82, 2.24) is 24.8 Å². The summed E-state index contributed by atoms with van der Waals surface area (Å²) in [6, 6.07) is 0.816. The average Bonchev–Trinajstić information content (AvgIpc) is 2.85. The zero-order valence-electron chi connectivity index (χ0n) is 13.7. The van der Waals surface area contributed by atoms with Crippen LogP contribution in [0, 0.1) is 6.92 Å². The molecule has 0 aromatic carbocycles. The first-order valence-electron chi connectivity index (χ1n) is 7.79. The molecule has 0 atom stereocenters. The fraction of sp³-hybridized carbons (Fsp3) is 0.533. The van der Waals surface area contributed by atoms with Gasteiger partial charge in [0.05, 0.1) is 0 Å².